The summed E-state index contributed by atoms with van der Waals surface area (Å²) < 4.78 is 0. The molecular formula is C15H18N2O4. The van der Waals surface area contributed by atoms with Crippen LogP contribution in [0.25, 0.3) is 0 Å². The molecule has 0 saturated carbocycles. The van der Waals surface area contributed by atoms with Gasteiger partial charge in [0.1, 0.15) is 0 Å². The second-order valence-corrected chi connectivity index (χ2v) is 3.98. The number of amides is 2. The highest BCUT2D eigenvalue weighted by molar-refractivity contribution is 6.01. The van der Waals surface area contributed by atoms with Crippen LogP contribution in [0.2, 0.25) is 0 Å². The summed E-state index contributed by atoms with van der Waals surface area (Å²) in [6.07, 6.45) is 3.92. The van der Waals surface area contributed by atoms with Crippen molar-refractivity contribution in [3.05, 3.63) is 50.6 Å². The lowest BCUT2D eigenvalue weighted by Gasteiger charge is -2.21. The molecular weight excluding hydrogens is 272 g/mol. The first-order valence-corrected chi connectivity index (χ1v) is 6.08. The van der Waals surface area contributed by atoms with E-state index in [1.54, 1.807) is 0 Å². The van der Waals surface area contributed by atoms with Crippen LogP contribution in [0.3, 0.4) is 0 Å². The predicted octanol–water partition coefficient (Wildman–Crippen LogP) is 0.228. The third kappa shape index (κ3) is 6.29. The smallest absolute Gasteiger partial charge is 0.243 e. The Morgan fingerprint density at radius 3 is 1.29 bits per heavy atom. The third-order valence-corrected chi connectivity index (χ3v) is 2.56. The number of carbonyl (C=O) groups excluding carboxylic acids is 4. The maximum absolute atomic E-state index is 11.7. The zero-order chi connectivity index (χ0) is 16.4. The van der Waals surface area contributed by atoms with E-state index in [9.17, 15) is 19.2 Å². The molecule has 0 aliphatic carbocycles. The fourth-order valence-electron chi connectivity index (χ4n) is 1.47. The minimum Gasteiger partial charge on any atom is -0.342 e. The lowest BCUT2D eigenvalue weighted by Crippen LogP contribution is -2.48. The standard InChI is InChI=1S/C15H18N2O4/c1-5-12(18)10(16-14(20)7-3)9-11(13(19)6-2)17-15(21)8-4/h5-8,10-11H,1-4,9H2,(H,16,20)(H,17,21). The number of ketones is 2. The molecule has 6 nitrogen and oxygen atoms in total. The number of carbonyl (C=O) groups is 4. The second-order valence-electron chi connectivity index (χ2n) is 3.98. The van der Waals surface area contributed by atoms with E-state index in [1.807, 2.05) is 0 Å². The molecule has 0 aliphatic heterocycles. The average Bonchev–Trinajstić information content (AvgIpc) is 2.50. The molecule has 0 heterocycles. The zero-order valence-electron chi connectivity index (χ0n) is 11.6. The lowest BCUT2D eigenvalue weighted by atomic mass is 9.99. The monoisotopic (exact) mass is 290 g/mol. The van der Waals surface area contributed by atoms with Crippen LogP contribution in [0, 0.1) is 0 Å². The van der Waals surface area contributed by atoms with Gasteiger partial charge in [-0.2, -0.15) is 0 Å². The maximum atomic E-state index is 11.7. The van der Waals surface area contributed by atoms with Crippen LogP contribution in [-0.2, 0) is 19.2 Å². The van der Waals surface area contributed by atoms with Crippen LogP contribution in [0.1, 0.15) is 6.42 Å². The molecule has 0 rings (SSSR count). The van der Waals surface area contributed by atoms with Crippen molar-refractivity contribution < 1.29 is 19.2 Å². The number of rotatable bonds is 10. The first-order chi connectivity index (χ1) is 9.89. The summed E-state index contributed by atoms with van der Waals surface area (Å²) in [5.41, 5.74) is 0. The first-order valence-electron chi connectivity index (χ1n) is 6.08. The summed E-state index contributed by atoms with van der Waals surface area (Å²) in [5.74, 6) is -2.12. The molecule has 0 aromatic rings. The molecule has 0 radical (unpaired) electrons. The van der Waals surface area contributed by atoms with Crippen molar-refractivity contribution in [3.63, 3.8) is 0 Å². The SMILES string of the molecule is C=CC(=O)NC(CC(NC(=O)C=C)C(=O)C=C)C(=O)C=C. The Bertz CT molecular complexity index is 450. The Morgan fingerprint density at radius 2 is 1.05 bits per heavy atom. The van der Waals surface area contributed by atoms with Crippen LogP contribution >= 0.6 is 0 Å². The van der Waals surface area contributed by atoms with Gasteiger partial charge in [-0.15, -0.1) is 0 Å². The zero-order valence-corrected chi connectivity index (χ0v) is 11.6. The Hall–Kier alpha value is -2.76. The summed E-state index contributed by atoms with van der Waals surface area (Å²) in [7, 11) is 0. The van der Waals surface area contributed by atoms with E-state index >= 15 is 0 Å². The Labute approximate surface area is 123 Å². The Kier molecular flexibility index (Phi) is 7.98. The topological polar surface area (TPSA) is 92.3 Å². The maximum Gasteiger partial charge on any atom is 0.243 e. The summed E-state index contributed by atoms with van der Waals surface area (Å²) in [6, 6.07) is -2.01. The van der Waals surface area contributed by atoms with Crippen molar-refractivity contribution in [2.45, 2.75) is 18.5 Å². The van der Waals surface area contributed by atoms with Gasteiger partial charge in [-0.1, -0.05) is 26.3 Å². The molecule has 0 aromatic heterocycles. The van der Waals surface area contributed by atoms with Gasteiger partial charge in [0.15, 0.2) is 11.6 Å². The molecule has 2 N–H and O–H groups in total. The summed E-state index contributed by atoms with van der Waals surface area (Å²) in [4.78, 5) is 46.1. The van der Waals surface area contributed by atoms with Crippen molar-refractivity contribution in [2.75, 3.05) is 0 Å². The first kappa shape index (κ1) is 18.2. The fraction of sp³-hybridized carbons (Fsp3) is 0.200. The van der Waals surface area contributed by atoms with Crippen LogP contribution in [0.15, 0.2) is 50.6 Å². The molecule has 112 valence electrons. The Morgan fingerprint density at radius 1 is 0.714 bits per heavy atom. The van der Waals surface area contributed by atoms with E-state index in [4.69, 9.17) is 0 Å². The second kappa shape index (κ2) is 9.19. The van der Waals surface area contributed by atoms with Gasteiger partial charge in [0.05, 0.1) is 12.1 Å². The minimum absolute atomic E-state index is 0.130. The normalized spacial score (nSPS) is 12.2. The van der Waals surface area contributed by atoms with Gasteiger partial charge >= 0.3 is 0 Å². The molecule has 6 heteroatoms. The highest BCUT2D eigenvalue weighted by Crippen LogP contribution is 2.04. The third-order valence-electron chi connectivity index (χ3n) is 2.56. The van der Waals surface area contributed by atoms with Gasteiger partial charge in [0, 0.05) is 6.42 Å². The van der Waals surface area contributed by atoms with Gasteiger partial charge < -0.3 is 10.6 Å². The van der Waals surface area contributed by atoms with E-state index in [2.05, 4.69) is 36.9 Å². The molecule has 0 aromatic carbocycles. The average molecular weight is 290 g/mol. The Balaban J connectivity index is 5.17. The van der Waals surface area contributed by atoms with Crippen molar-refractivity contribution in [2.24, 2.45) is 0 Å². The van der Waals surface area contributed by atoms with E-state index in [1.165, 1.54) is 0 Å². The summed E-state index contributed by atoms with van der Waals surface area (Å²) in [5, 5.41) is 4.75. The van der Waals surface area contributed by atoms with Gasteiger partial charge in [0.2, 0.25) is 11.8 Å². The van der Waals surface area contributed by atoms with Crippen LogP contribution in [-0.4, -0.2) is 35.5 Å². The van der Waals surface area contributed by atoms with Crippen molar-refractivity contribution in [1.82, 2.24) is 10.6 Å². The highest BCUT2D eigenvalue weighted by Gasteiger charge is 2.26. The van der Waals surface area contributed by atoms with Crippen LogP contribution < -0.4 is 10.6 Å². The van der Waals surface area contributed by atoms with Gasteiger partial charge in [-0.25, -0.2) is 0 Å². The molecule has 0 saturated heterocycles. The molecule has 0 aliphatic rings. The molecule has 21 heavy (non-hydrogen) atoms. The largest absolute Gasteiger partial charge is 0.342 e. The predicted molar refractivity (Wildman–Crippen MR) is 79.3 cm³/mol. The lowest BCUT2D eigenvalue weighted by molar-refractivity contribution is -0.125. The van der Waals surface area contributed by atoms with E-state index in [0.29, 0.717) is 0 Å². The number of hydrogen-bond acceptors (Lipinski definition) is 4. The summed E-state index contributed by atoms with van der Waals surface area (Å²) in [6.45, 7) is 13.2. The fourth-order valence-corrected chi connectivity index (χ4v) is 1.47. The van der Waals surface area contributed by atoms with Crippen molar-refractivity contribution in [3.8, 4) is 0 Å². The van der Waals surface area contributed by atoms with Gasteiger partial charge in [-0.3, -0.25) is 19.2 Å². The quantitative estimate of drug-likeness (QED) is 0.563. The molecule has 2 atom stereocenters. The number of hydrogen-bond donors (Lipinski definition) is 2. The minimum atomic E-state index is -1.01. The molecule has 0 fully saturated rings. The molecule has 0 bridgehead atoms. The van der Waals surface area contributed by atoms with E-state index in [0.717, 1.165) is 24.3 Å². The van der Waals surface area contributed by atoms with Crippen LogP contribution in [0.5, 0.6) is 0 Å². The highest BCUT2D eigenvalue weighted by atomic mass is 16.2. The van der Waals surface area contributed by atoms with Crippen molar-refractivity contribution in [1.29, 1.82) is 0 Å². The van der Waals surface area contributed by atoms with E-state index in [-0.39, 0.29) is 6.42 Å². The molecule has 2 amide bonds. The molecule has 2 unspecified atom stereocenters. The molecule has 0 spiro atoms. The summed E-state index contributed by atoms with van der Waals surface area (Å²) >= 11 is 0. The van der Waals surface area contributed by atoms with Gasteiger partial charge in [0.25, 0.3) is 0 Å². The number of nitrogens with one attached hydrogen (secondary N) is 2. The van der Waals surface area contributed by atoms with Crippen LogP contribution in [0.4, 0.5) is 0 Å². The van der Waals surface area contributed by atoms with Gasteiger partial charge in [-0.05, 0) is 24.3 Å². The van der Waals surface area contributed by atoms with Crippen molar-refractivity contribution >= 4 is 23.4 Å². The van der Waals surface area contributed by atoms with E-state index < -0.39 is 35.5 Å².